The number of rotatable bonds is 1. The average Bonchev–Trinajstić information content (AvgIpc) is 3.61. The SMILES string of the molecule is [C-]#[N+]N=S(C)(=O)[C@]12CCC3(CC3)C[C@H]1[C@H]1C(=O)C=C3[C@@]4(C)C=C([N+]#[C-])C(=O)C(C)(C)[C@@H]4CC[C@@]3(C)[C@]1(C)CC2. The molecule has 0 amide bonds. The van der Waals surface area contributed by atoms with Crippen molar-refractivity contribution < 1.29 is 13.8 Å². The lowest BCUT2D eigenvalue weighted by Crippen LogP contribution is -2.67. The van der Waals surface area contributed by atoms with Gasteiger partial charge in [0.25, 0.3) is 0 Å². The standard InChI is InChI=1S/C32H41N3O3S/c1-27(2)23-9-10-29(4)24(28(23,3)19-21(33-6)26(27)37)17-22(36)25-20-18-31(12-13-31)14-16-32(20,15-11-30(25,29)5)39(8,38)35-34-7/h17,19-20,23,25H,9-16,18H2,1-5,8H3/t20-,23-,25-,28-,29+,30+,32+,39?/m0/s1. The number of nitrogens with zero attached hydrogens (tertiary/aromatic N) is 3. The highest BCUT2D eigenvalue weighted by Gasteiger charge is 2.72. The van der Waals surface area contributed by atoms with Crippen molar-refractivity contribution in [1.82, 2.24) is 0 Å². The van der Waals surface area contributed by atoms with Crippen LogP contribution in [0, 0.1) is 58.0 Å². The second kappa shape index (κ2) is 7.73. The highest BCUT2D eigenvalue weighted by Crippen LogP contribution is 2.75. The van der Waals surface area contributed by atoms with E-state index in [9.17, 15) is 13.8 Å². The van der Waals surface area contributed by atoms with Crippen molar-refractivity contribution >= 4 is 21.3 Å². The summed E-state index contributed by atoms with van der Waals surface area (Å²) in [5.74, 6) is -0.265. The normalized spacial score (nSPS) is 46.5. The van der Waals surface area contributed by atoms with Gasteiger partial charge in [-0.25, -0.2) is 9.05 Å². The summed E-state index contributed by atoms with van der Waals surface area (Å²) < 4.78 is 17.6. The zero-order valence-corrected chi connectivity index (χ0v) is 25.0. The number of Topliss-reactive ketones (excluding diaryl/α,β-unsaturated/α-hetero) is 1. The molecule has 0 aromatic rings. The minimum Gasteiger partial charge on any atom is -0.307 e. The predicted molar refractivity (Wildman–Crippen MR) is 151 cm³/mol. The molecule has 0 aliphatic heterocycles. The molecule has 6 aliphatic carbocycles. The maximum absolute atomic E-state index is 14.5. The zero-order chi connectivity index (χ0) is 28.4. The van der Waals surface area contributed by atoms with Crippen LogP contribution in [-0.2, 0) is 19.3 Å². The van der Waals surface area contributed by atoms with E-state index in [0.29, 0.717) is 0 Å². The van der Waals surface area contributed by atoms with Crippen LogP contribution in [0.15, 0.2) is 27.9 Å². The number of fused-ring (bicyclic) bond motifs is 7. The van der Waals surface area contributed by atoms with Crippen LogP contribution < -0.4 is 0 Å². The van der Waals surface area contributed by atoms with Crippen LogP contribution in [-0.4, -0.2) is 26.8 Å². The second-order valence-corrected chi connectivity index (χ2v) is 17.7. The van der Waals surface area contributed by atoms with E-state index in [4.69, 9.17) is 13.1 Å². The van der Waals surface area contributed by atoms with E-state index in [1.807, 2.05) is 26.0 Å². The molecule has 4 saturated carbocycles. The Morgan fingerprint density at radius 3 is 2.23 bits per heavy atom. The maximum atomic E-state index is 14.5. The predicted octanol–water partition coefficient (Wildman–Crippen LogP) is 7.00. The van der Waals surface area contributed by atoms with Crippen molar-refractivity contribution in [1.29, 1.82) is 0 Å². The highest BCUT2D eigenvalue weighted by molar-refractivity contribution is 7.94. The molecule has 0 bridgehead atoms. The molecule has 39 heavy (non-hydrogen) atoms. The third kappa shape index (κ3) is 3.09. The Morgan fingerprint density at radius 2 is 1.62 bits per heavy atom. The van der Waals surface area contributed by atoms with Gasteiger partial charge in [0.15, 0.2) is 11.6 Å². The van der Waals surface area contributed by atoms with Crippen LogP contribution >= 0.6 is 0 Å². The van der Waals surface area contributed by atoms with E-state index >= 15 is 0 Å². The van der Waals surface area contributed by atoms with E-state index < -0.39 is 25.3 Å². The quantitative estimate of drug-likeness (QED) is 0.262. The maximum Gasteiger partial charge on any atom is 0.226 e. The van der Waals surface area contributed by atoms with Gasteiger partial charge in [0.2, 0.25) is 5.70 Å². The second-order valence-electron chi connectivity index (χ2n) is 15.1. The minimum absolute atomic E-state index is 0.0224. The zero-order valence-electron chi connectivity index (χ0n) is 24.2. The summed E-state index contributed by atoms with van der Waals surface area (Å²) in [4.78, 5) is 34.7. The first kappa shape index (κ1) is 26.9. The average molecular weight is 548 g/mol. The van der Waals surface area contributed by atoms with Gasteiger partial charge in [-0.1, -0.05) is 46.3 Å². The lowest BCUT2D eigenvalue weighted by molar-refractivity contribution is -0.151. The van der Waals surface area contributed by atoms with Gasteiger partial charge >= 0.3 is 0 Å². The lowest BCUT2D eigenvalue weighted by Gasteiger charge is -2.68. The molecule has 208 valence electrons. The topological polar surface area (TPSA) is 72.3 Å². The van der Waals surface area contributed by atoms with Crippen LogP contribution in [0.1, 0.15) is 92.4 Å². The first-order valence-corrected chi connectivity index (χ1v) is 16.5. The molecule has 4 fully saturated rings. The van der Waals surface area contributed by atoms with E-state index in [2.05, 4.69) is 35.0 Å². The third-order valence-electron chi connectivity index (χ3n) is 13.4. The molecule has 0 saturated heterocycles. The summed E-state index contributed by atoms with van der Waals surface area (Å²) in [5.41, 5.74) is -0.312. The van der Waals surface area contributed by atoms with Gasteiger partial charge in [0, 0.05) is 23.0 Å². The molecule has 0 N–H and O–H groups in total. The monoisotopic (exact) mass is 547 g/mol. The van der Waals surface area contributed by atoms with Gasteiger partial charge in [-0.2, -0.15) is 6.57 Å². The summed E-state index contributed by atoms with van der Waals surface area (Å²) >= 11 is 0. The van der Waals surface area contributed by atoms with Crippen LogP contribution in [0.3, 0.4) is 0 Å². The number of hydrogen-bond acceptors (Lipinski definition) is 4. The molecule has 0 heterocycles. The molecule has 8 atom stereocenters. The number of hydrogen-bond donors (Lipinski definition) is 0. The van der Waals surface area contributed by atoms with E-state index in [-0.39, 0.29) is 51.3 Å². The molecule has 6 aliphatic rings. The summed E-state index contributed by atoms with van der Waals surface area (Å²) in [5, 5.41) is 0. The number of carbonyl (C=O) groups excluding carboxylic acids is 2. The molecule has 0 radical (unpaired) electrons. The molecule has 7 heteroatoms. The fourth-order valence-electron chi connectivity index (χ4n) is 10.8. The van der Waals surface area contributed by atoms with Gasteiger partial charge in [0.1, 0.15) is 14.2 Å². The first-order chi connectivity index (χ1) is 18.1. The fraction of sp³-hybridized carbons (Fsp3) is 0.750. The van der Waals surface area contributed by atoms with Crippen LogP contribution in [0.2, 0.25) is 0 Å². The van der Waals surface area contributed by atoms with Crippen molar-refractivity contribution in [2.24, 2.45) is 49.3 Å². The van der Waals surface area contributed by atoms with Crippen molar-refractivity contribution in [2.75, 3.05) is 6.26 Å². The van der Waals surface area contributed by atoms with E-state index in [1.54, 1.807) is 6.26 Å². The van der Waals surface area contributed by atoms with Crippen LogP contribution in [0.4, 0.5) is 0 Å². The molecule has 1 unspecified atom stereocenters. The lowest BCUT2D eigenvalue weighted by atomic mass is 9.36. The third-order valence-corrected chi connectivity index (χ3v) is 16.0. The van der Waals surface area contributed by atoms with Crippen LogP contribution in [0.25, 0.3) is 9.80 Å². The molecular weight excluding hydrogens is 506 g/mol. The summed E-state index contributed by atoms with van der Waals surface area (Å²) in [6.07, 6.45) is 13.7. The minimum atomic E-state index is -2.82. The van der Waals surface area contributed by atoms with Gasteiger partial charge in [0.05, 0.1) is 11.3 Å². The molecular formula is C32H41N3O3S. The molecule has 1 spiro atoms. The van der Waals surface area contributed by atoms with Gasteiger partial charge < -0.3 is 4.79 Å². The van der Waals surface area contributed by atoms with Gasteiger partial charge in [-0.3, -0.25) is 4.79 Å². The van der Waals surface area contributed by atoms with Crippen molar-refractivity contribution in [3.8, 4) is 0 Å². The van der Waals surface area contributed by atoms with Crippen LogP contribution in [0.5, 0.6) is 0 Å². The summed E-state index contributed by atoms with van der Waals surface area (Å²) in [7, 11) is -2.82. The van der Waals surface area contributed by atoms with Crippen molar-refractivity contribution in [3.63, 3.8) is 0 Å². The Balaban J connectivity index is 1.55. The van der Waals surface area contributed by atoms with Crippen molar-refractivity contribution in [3.05, 3.63) is 46.4 Å². The Bertz CT molecular complexity index is 1480. The van der Waals surface area contributed by atoms with Gasteiger partial charge in [-0.05, 0) is 91.9 Å². The summed E-state index contributed by atoms with van der Waals surface area (Å²) in [6.45, 7) is 25.9. The van der Waals surface area contributed by atoms with E-state index in [1.165, 1.54) is 12.8 Å². The molecule has 6 nitrogen and oxygen atoms in total. The Labute approximate surface area is 233 Å². The van der Waals surface area contributed by atoms with E-state index in [0.717, 1.165) is 50.5 Å². The number of allylic oxidation sites excluding steroid dienone is 4. The summed E-state index contributed by atoms with van der Waals surface area (Å²) in [6, 6.07) is 0. The smallest absolute Gasteiger partial charge is 0.226 e. The largest absolute Gasteiger partial charge is 0.307 e. The highest BCUT2D eigenvalue weighted by atomic mass is 32.2. The number of ketones is 2. The Morgan fingerprint density at radius 1 is 0.974 bits per heavy atom. The molecule has 0 aromatic heterocycles. The van der Waals surface area contributed by atoms with Gasteiger partial charge in [-0.15, -0.1) is 4.95 Å². The number of carbonyl (C=O) groups is 2. The Kier molecular flexibility index (Phi) is 5.34. The molecule has 0 aromatic carbocycles. The van der Waals surface area contributed by atoms with Crippen molar-refractivity contribution in [2.45, 2.75) is 97.2 Å². The molecule has 6 rings (SSSR count). The Hall–Kier alpha value is -2.25. The first-order valence-electron chi connectivity index (χ1n) is 14.6. The fourth-order valence-corrected chi connectivity index (χ4v) is 12.9.